The second kappa shape index (κ2) is 5.71. The number of rotatable bonds is 4. The summed E-state index contributed by atoms with van der Waals surface area (Å²) in [5, 5.41) is 0. The van der Waals surface area contributed by atoms with Crippen LogP contribution in [0.3, 0.4) is 0 Å². The Bertz CT molecular complexity index is 602. The number of methoxy groups -OCH3 is 1. The van der Waals surface area contributed by atoms with E-state index in [0.717, 1.165) is 11.3 Å². The standard InChI is InChI=1S/C15H18N2O2/c1-3-17-10-4-5-13(15(17)18)14(16)11-6-8-12(19-2)9-7-11/h4-10,14H,3,16H2,1-2H3. The average Bonchev–Trinajstić information content (AvgIpc) is 2.47. The number of hydrogen-bond acceptors (Lipinski definition) is 3. The second-order valence-corrected chi connectivity index (χ2v) is 4.31. The highest BCUT2D eigenvalue weighted by Gasteiger charge is 2.13. The van der Waals surface area contributed by atoms with Crippen LogP contribution in [0.25, 0.3) is 0 Å². The number of hydrogen-bond donors (Lipinski definition) is 1. The molecule has 2 N–H and O–H groups in total. The van der Waals surface area contributed by atoms with Crippen LogP contribution < -0.4 is 16.0 Å². The molecule has 1 atom stereocenters. The number of nitrogens with zero attached hydrogens (tertiary/aromatic N) is 1. The molecule has 100 valence electrons. The van der Waals surface area contributed by atoms with Crippen LogP contribution in [0, 0.1) is 0 Å². The van der Waals surface area contributed by atoms with Crippen LogP contribution in [0.5, 0.6) is 5.75 Å². The van der Waals surface area contributed by atoms with Gasteiger partial charge < -0.3 is 15.0 Å². The molecule has 0 aliphatic heterocycles. The van der Waals surface area contributed by atoms with E-state index >= 15 is 0 Å². The van der Waals surface area contributed by atoms with Gasteiger partial charge in [0, 0.05) is 18.3 Å². The van der Waals surface area contributed by atoms with E-state index in [1.165, 1.54) is 0 Å². The Morgan fingerprint density at radius 2 is 1.95 bits per heavy atom. The van der Waals surface area contributed by atoms with Gasteiger partial charge in [-0.05, 0) is 30.7 Å². The minimum Gasteiger partial charge on any atom is -0.497 e. The van der Waals surface area contributed by atoms with E-state index < -0.39 is 6.04 Å². The highest BCUT2D eigenvalue weighted by molar-refractivity contribution is 5.34. The Hall–Kier alpha value is -2.07. The monoisotopic (exact) mass is 258 g/mol. The molecule has 0 amide bonds. The van der Waals surface area contributed by atoms with E-state index in [4.69, 9.17) is 10.5 Å². The van der Waals surface area contributed by atoms with Crippen molar-refractivity contribution in [2.24, 2.45) is 5.73 Å². The first-order valence-corrected chi connectivity index (χ1v) is 6.26. The normalized spacial score (nSPS) is 12.2. The summed E-state index contributed by atoms with van der Waals surface area (Å²) in [5.41, 5.74) is 7.65. The van der Waals surface area contributed by atoms with Crippen molar-refractivity contribution in [3.05, 3.63) is 64.1 Å². The third-order valence-electron chi connectivity index (χ3n) is 3.20. The number of aryl methyl sites for hydroxylation is 1. The van der Waals surface area contributed by atoms with Crippen molar-refractivity contribution in [2.45, 2.75) is 19.5 Å². The Morgan fingerprint density at radius 1 is 1.26 bits per heavy atom. The molecule has 1 unspecified atom stereocenters. The van der Waals surface area contributed by atoms with Gasteiger partial charge in [-0.15, -0.1) is 0 Å². The Labute approximate surface area is 112 Å². The summed E-state index contributed by atoms with van der Waals surface area (Å²) < 4.78 is 6.76. The molecule has 2 rings (SSSR count). The highest BCUT2D eigenvalue weighted by atomic mass is 16.5. The topological polar surface area (TPSA) is 57.2 Å². The van der Waals surface area contributed by atoms with Crippen LogP contribution in [0.4, 0.5) is 0 Å². The van der Waals surface area contributed by atoms with Crippen molar-refractivity contribution in [3.8, 4) is 5.75 Å². The van der Waals surface area contributed by atoms with Crippen molar-refractivity contribution < 1.29 is 4.74 Å². The molecule has 0 fully saturated rings. The Morgan fingerprint density at radius 3 is 2.53 bits per heavy atom. The predicted octanol–water partition coefficient (Wildman–Crippen LogP) is 1.92. The number of ether oxygens (including phenoxy) is 1. The molecule has 0 spiro atoms. The summed E-state index contributed by atoms with van der Waals surface area (Å²) in [4.78, 5) is 12.2. The minimum atomic E-state index is -0.419. The van der Waals surface area contributed by atoms with E-state index in [1.54, 1.807) is 23.9 Å². The molecule has 0 bridgehead atoms. The van der Waals surface area contributed by atoms with Gasteiger partial charge in [0.15, 0.2) is 0 Å². The van der Waals surface area contributed by atoms with Gasteiger partial charge in [-0.2, -0.15) is 0 Å². The van der Waals surface area contributed by atoms with E-state index in [9.17, 15) is 4.79 Å². The second-order valence-electron chi connectivity index (χ2n) is 4.31. The molecule has 0 saturated carbocycles. The molecule has 0 saturated heterocycles. The first-order valence-electron chi connectivity index (χ1n) is 6.26. The molecule has 0 aliphatic carbocycles. The Kier molecular flexibility index (Phi) is 4.02. The zero-order chi connectivity index (χ0) is 13.8. The smallest absolute Gasteiger partial charge is 0.255 e. The summed E-state index contributed by atoms with van der Waals surface area (Å²) in [6.07, 6.45) is 1.77. The molecule has 4 heteroatoms. The summed E-state index contributed by atoms with van der Waals surface area (Å²) in [6, 6.07) is 10.7. The zero-order valence-electron chi connectivity index (χ0n) is 11.2. The van der Waals surface area contributed by atoms with Crippen molar-refractivity contribution in [3.63, 3.8) is 0 Å². The van der Waals surface area contributed by atoms with Crippen molar-refractivity contribution in [2.75, 3.05) is 7.11 Å². The quantitative estimate of drug-likeness (QED) is 0.911. The van der Waals surface area contributed by atoms with E-state index in [-0.39, 0.29) is 5.56 Å². The maximum absolute atomic E-state index is 12.2. The first kappa shape index (κ1) is 13.4. The van der Waals surface area contributed by atoms with Gasteiger partial charge >= 0.3 is 0 Å². The van der Waals surface area contributed by atoms with Gasteiger partial charge in [-0.1, -0.05) is 18.2 Å². The molecular weight excluding hydrogens is 240 g/mol. The van der Waals surface area contributed by atoms with Crippen LogP contribution in [-0.2, 0) is 6.54 Å². The summed E-state index contributed by atoms with van der Waals surface area (Å²) in [7, 11) is 1.62. The molecule has 1 aromatic carbocycles. The van der Waals surface area contributed by atoms with Crippen LogP contribution in [0.2, 0.25) is 0 Å². The van der Waals surface area contributed by atoms with Gasteiger partial charge in [0.2, 0.25) is 0 Å². The van der Waals surface area contributed by atoms with E-state index in [2.05, 4.69) is 0 Å². The molecular formula is C15H18N2O2. The molecule has 1 aromatic heterocycles. The number of aromatic nitrogens is 1. The highest BCUT2D eigenvalue weighted by Crippen LogP contribution is 2.19. The number of nitrogens with two attached hydrogens (primary N) is 1. The molecule has 4 nitrogen and oxygen atoms in total. The van der Waals surface area contributed by atoms with E-state index in [1.807, 2.05) is 37.3 Å². The lowest BCUT2D eigenvalue weighted by Gasteiger charge is -2.14. The molecule has 1 heterocycles. The fourth-order valence-corrected chi connectivity index (χ4v) is 2.03. The van der Waals surface area contributed by atoms with Crippen LogP contribution in [-0.4, -0.2) is 11.7 Å². The van der Waals surface area contributed by atoms with Gasteiger partial charge in [0.1, 0.15) is 5.75 Å². The maximum atomic E-state index is 12.2. The molecule has 0 aliphatic rings. The maximum Gasteiger partial charge on any atom is 0.255 e. The third kappa shape index (κ3) is 2.69. The minimum absolute atomic E-state index is 0.0340. The van der Waals surface area contributed by atoms with Gasteiger partial charge in [-0.25, -0.2) is 0 Å². The van der Waals surface area contributed by atoms with Crippen molar-refractivity contribution in [1.82, 2.24) is 4.57 Å². The lowest BCUT2D eigenvalue weighted by molar-refractivity contribution is 0.414. The van der Waals surface area contributed by atoms with Crippen LogP contribution >= 0.6 is 0 Å². The van der Waals surface area contributed by atoms with Crippen molar-refractivity contribution in [1.29, 1.82) is 0 Å². The number of benzene rings is 1. The summed E-state index contributed by atoms with van der Waals surface area (Å²) in [5.74, 6) is 0.773. The third-order valence-corrected chi connectivity index (χ3v) is 3.20. The SMILES string of the molecule is CCn1cccc(C(N)c2ccc(OC)cc2)c1=O. The lowest BCUT2D eigenvalue weighted by atomic mass is 10.0. The van der Waals surface area contributed by atoms with E-state index in [0.29, 0.717) is 12.1 Å². The van der Waals surface area contributed by atoms with Crippen LogP contribution in [0.1, 0.15) is 24.1 Å². The molecule has 0 radical (unpaired) electrons. The number of pyridine rings is 1. The first-order chi connectivity index (χ1) is 9.17. The fourth-order valence-electron chi connectivity index (χ4n) is 2.03. The average molecular weight is 258 g/mol. The lowest BCUT2D eigenvalue weighted by Crippen LogP contribution is -2.27. The fraction of sp³-hybridized carbons (Fsp3) is 0.267. The molecule has 2 aromatic rings. The zero-order valence-corrected chi connectivity index (χ0v) is 11.2. The van der Waals surface area contributed by atoms with Gasteiger partial charge in [0.05, 0.1) is 13.2 Å². The van der Waals surface area contributed by atoms with Crippen molar-refractivity contribution >= 4 is 0 Å². The summed E-state index contributed by atoms with van der Waals surface area (Å²) in [6.45, 7) is 2.58. The van der Waals surface area contributed by atoms with Gasteiger partial charge in [0.25, 0.3) is 5.56 Å². The summed E-state index contributed by atoms with van der Waals surface area (Å²) >= 11 is 0. The van der Waals surface area contributed by atoms with Gasteiger partial charge in [-0.3, -0.25) is 4.79 Å². The molecule has 19 heavy (non-hydrogen) atoms. The van der Waals surface area contributed by atoms with Crippen LogP contribution in [0.15, 0.2) is 47.4 Å². The largest absolute Gasteiger partial charge is 0.497 e. The Balaban J connectivity index is 2.38. The predicted molar refractivity (Wildman–Crippen MR) is 75.4 cm³/mol.